The maximum Gasteiger partial charge on any atom is 0.336 e. The van der Waals surface area contributed by atoms with Gasteiger partial charge in [0, 0.05) is 36.4 Å². The van der Waals surface area contributed by atoms with Crippen LogP contribution in [0.5, 0.6) is 0 Å². The number of pyridine rings is 1. The molecule has 2 aromatic heterocycles. The van der Waals surface area contributed by atoms with Crippen LogP contribution in [-0.2, 0) is 11.2 Å². The molecule has 0 bridgehead atoms. The molecule has 1 aliphatic heterocycles. The van der Waals surface area contributed by atoms with Gasteiger partial charge in [-0.1, -0.05) is 5.92 Å². The predicted molar refractivity (Wildman–Crippen MR) is 96.1 cm³/mol. The van der Waals surface area contributed by atoms with Gasteiger partial charge in [-0.2, -0.15) is 5.10 Å². The van der Waals surface area contributed by atoms with Crippen molar-refractivity contribution in [3.05, 3.63) is 59.0 Å². The normalized spacial score (nSPS) is 16.7. The summed E-state index contributed by atoms with van der Waals surface area (Å²) in [4.78, 5) is 15.6. The van der Waals surface area contributed by atoms with Gasteiger partial charge in [0.15, 0.2) is 0 Å². The molecule has 1 aliphatic rings. The summed E-state index contributed by atoms with van der Waals surface area (Å²) in [5.41, 5.74) is 3.40. The molecule has 0 spiro atoms. The fourth-order valence-corrected chi connectivity index (χ4v) is 3.38. The Morgan fingerprint density at radius 2 is 2.31 bits per heavy atom. The van der Waals surface area contributed by atoms with Crippen molar-refractivity contribution in [2.75, 3.05) is 13.2 Å². The van der Waals surface area contributed by atoms with Gasteiger partial charge in [0.2, 0.25) is 0 Å². The molecule has 130 valence electrons. The van der Waals surface area contributed by atoms with Gasteiger partial charge in [0.1, 0.15) is 0 Å². The largest absolute Gasteiger partial charge is 0.478 e. The van der Waals surface area contributed by atoms with Gasteiger partial charge in [-0.25, -0.2) is 4.79 Å². The lowest BCUT2D eigenvalue weighted by Gasteiger charge is -2.09. The van der Waals surface area contributed by atoms with E-state index in [0.717, 1.165) is 35.2 Å². The Hall–Kier alpha value is -3.17. The smallest absolute Gasteiger partial charge is 0.336 e. The standard InChI is InChI=1S/C20H17N3O3/c1-2-13-3-4-19-17(9-13)18(22-23(19)15-6-8-26-12-15)10-14-11-21-7-5-16(14)20(24)25/h1,3-5,7,9,11,15H,6,8,10,12H2,(H,24,25). The minimum Gasteiger partial charge on any atom is -0.478 e. The number of ether oxygens (including phenoxy) is 1. The molecular weight excluding hydrogens is 330 g/mol. The number of hydrogen-bond acceptors (Lipinski definition) is 4. The summed E-state index contributed by atoms with van der Waals surface area (Å²) in [5, 5.41) is 15.1. The summed E-state index contributed by atoms with van der Waals surface area (Å²) in [6.07, 6.45) is 9.89. The predicted octanol–water partition coefficient (Wildman–Crippen LogP) is 2.66. The van der Waals surface area contributed by atoms with Crippen LogP contribution in [0.2, 0.25) is 0 Å². The van der Waals surface area contributed by atoms with Crippen LogP contribution in [0.1, 0.15) is 39.6 Å². The number of terminal acetylenes is 1. The van der Waals surface area contributed by atoms with Crippen molar-refractivity contribution in [3.8, 4) is 12.3 Å². The van der Waals surface area contributed by atoms with Crippen LogP contribution >= 0.6 is 0 Å². The van der Waals surface area contributed by atoms with E-state index in [4.69, 9.17) is 16.3 Å². The van der Waals surface area contributed by atoms with Crippen LogP contribution in [0.15, 0.2) is 36.7 Å². The maximum atomic E-state index is 11.5. The van der Waals surface area contributed by atoms with Gasteiger partial charge >= 0.3 is 5.97 Å². The van der Waals surface area contributed by atoms with E-state index in [1.807, 2.05) is 22.9 Å². The van der Waals surface area contributed by atoms with E-state index in [0.29, 0.717) is 18.6 Å². The summed E-state index contributed by atoms with van der Waals surface area (Å²) >= 11 is 0. The molecule has 1 unspecified atom stereocenters. The molecule has 26 heavy (non-hydrogen) atoms. The molecule has 1 aromatic carbocycles. The number of carboxylic acids is 1. The van der Waals surface area contributed by atoms with E-state index in [1.54, 1.807) is 6.20 Å². The number of nitrogens with zero attached hydrogens (tertiary/aromatic N) is 3. The van der Waals surface area contributed by atoms with Gasteiger partial charge in [-0.05, 0) is 36.2 Å². The summed E-state index contributed by atoms with van der Waals surface area (Å²) < 4.78 is 7.48. The number of benzene rings is 1. The Balaban J connectivity index is 1.84. The second kappa shape index (κ2) is 6.62. The molecule has 6 nitrogen and oxygen atoms in total. The number of carboxylic acid groups (broad SMARTS) is 1. The minimum atomic E-state index is -0.973. The molecule has 3 heterocycles. The van der Waals surface area contributed by atoms with Crippen molar-refractivity contribution in [3.63, 3.8) is 0 Å². The van der Waals surface area contributed by atoms with Crippen molar-refractivity contribution in [1.82, 2.24) is 14.8 Å². The number of aromatic carboxylic acids is 1. The fraction of sp³-hybridized carbons (Fsp3) is 0.250. The highest BCUT2D eigenvalue weighted by Crippen LogP contribution is 2.28. The molecule has 1 saturated heterocycles. The molecule has 0 saturated carbocycles. The third kappa shape index (κ3) is 2.83. The second-order valence-corrected chi connectivity index (χ2v) is 6.30. The maximum absolute atomic E-state index is 11.5. The van der Waals surface area contributed by atoms with E-state index >= 15 is 0 Å². The molecule has 6 heteroatoms. The molecule has 1 fully saturated rings. The number of aromatic nitrogens is 3. The Bertz CT molecular complexity index is 1030. The quantitative estimate of drug-likeness (QED) is 0.734. The van der Waals surface area contributed by atoms with E-state index < -0.39 is 5.97 Å². The summed E-state index contributed by atoms with van der Waals surface area (Å²) in [6, 6.07) is 7.49. The highest BCUT2D eigenvalue weighted by molar-refractivity contribution is 5.90. The molecule has 3 aromatic rings. The summed E-state index contributed by atoms with van der Waals surface area (Å²) in [6.45, 7) is 1.34. The zero-order valence-corrected chi connectivity index (χ0v) is 14.1. The first kappa shape index (κ1) is 16.3. The average molecular weight is 347 g/mol. The van der Waals surface area contributed by atoms with Crippen molar-refractivity contribution >= 4 is 16.9 Å². The molecule has 1 atom stereocenters. The Labute approximate surface area is 150 Å². The molecule has 4 rings (SSSR count). The summed E-state index contributed by atoms with van der Waals surface area (Å²) in [7, 11) is 0. The SMILES string of the molecule is C#Cc1ccc2c(c1)c(Cc1cnccc1C(=O)O)nn2C1CCOC1. The van der Waals surface area contributed by atoms with Crippen LogP contribution < -0.4 is 0 Å². The molecule has 0 aliphatic carbocycles. The molecular formula is C20H17N3O3. The monoisotopic (exact) mass is 347 g/mol. The third-order valence-corrected chi connectivity index (χ3v) is 4.69. The highest BCUT2D eigenvalue weighted by Gasteiger charge is 2.23. The second-order valence-electron chi connectivity index (χ2n) is 6.30. The number of carbonyl (C=O) groups is 1. The number of rotatable bonds is 4. The lowest BCUT2D eigenvalue weighted by Crippen LogP contribution is -2.11. The van der Waals surface area contributed by atoms with Gasteiger partial charge in [0.05, 0.1) is 29.4 Å². The average Bonchev–Trinajstić information content (AvgIpc) is 3.30. The van der Waals surface area contributed by atoms with Crippen molar-refractivity contribution in [1.29, 1.82) is 0 Å². The van der Waals surface area contributed by atoms with Gasteiger partial charge in [-0.3, -0.25) is 9.67 Å². The van der Waals surface area contributed by atoms with E-state index in [2.05, 4.69) is 10.9 Å². The van der Waals surface area contributed by atoms with Crippen LogP contribution in [0.3, 0.4) is 0 Å². The van der Waals surface area contributed by atoms with E-state index in [1.165, 1.54) is 12.3 Å². The number of fused-ring (bicyclic) bond motifs is 1. The van der Waals surface area contributed by atoms with Crippen molar-refractivity contribution in [2.45, 2.75) is 18.9 Å². The van der Waals surface area contributed by atoms with Crippen LogP contribution in [0.25, 0.3) is 10.9 Å². The lowest BCUT2D eigenvalue weighted by molar-refractivity contribution is 0.0695. The Kier molecular flexibility index (Phi) is 4.15. The Morgan fingerprint density at radius 3 is 3.04 bits per heavy atom. The zero-order valence-electron chi connectivity index (χ0n) is 14.1. The molecule has 1 N–H and O–H groups in total. The van der Waals surface area contributed by atoms with Crippen LogP contribution in [-0.4, -0.2) is 39.1 Å². The Morgan fingerprint density at radius 1 is 1.42 bits per heavy atom. The summed E-state index contributed by atoms with van der Waals surface area (Å²) in [5.74, 6) is 1.68. The van der Waals surface area contributed by atoms with Crippen molar-refractivity contribution in [2.24, 2.45) is 0 Å². The van der Waals surface area contributed by atoms with E-state index in [9.17, 15) is 9.90 Å². The first-order chi connectivity index (χ1) is 12.7. The fourth-order valence-electron chi connectivity index (χ4n) is 3.38. The topological polar surface area (TPSA) is 77.2 Å². The van der Waals surface area contributed by atoms with Crippen LogP contribution in [0, 0.1) is 12.3 Å². The van der Waals surface area contributed by atoms with Gasteiger partial charge in [-0.15, -0.1) is 6.42 Å². The first-order valence-corrected chi connectivity index (χ1v) is 8.39. The molecule has 0 radical (unpaired) electrons. The highest BCUT2D eigenvalue weighted by atomic mass is 16.5. The molecule has 0 amide bonds. The minimum absolute atomic E-state index is 0.177. The van der Waals surface area contributed by atoms with Gasteiger partial charge < -0.3 is 9.84 Å². The number of hydrogen-bond donors (Lipinski definition) is 1. The third-order valence-electron chi connectivity index (χ3n) is 4.69. The zero-order chi connectivity index (χ0) is 18.1. The van der Waals surface area contributed by atoms with Gasteiger partial charge in [0.25, 0.3) is 0 Å². The van der Waals surface area contributed by atoms with Crippen LogP contribution in [0.4, 0.5) is 0 Å². The first-order valence-electron chi connectivity index (χ1n) is 8.39. The van der Waals surface area contributed by atoms with Crippen molar-refractivity contribution < 1.29 is 14.6 Å². The van der Waals surface area contributed by atoms with E-state index in [-0.39, 0.29) is 11.6 Å². The lowest BCUT2D eigenvalue weighted by atomic mass is 10.0.